The van der Waals surface area contributed by atoms with Crippen LogP contribution in [0.25, 0.3) is 0 Å². The summed E-state index contributed by atoms with van der Waals surface area (Å²) in [4.78, 5) is 12.1. The van der Waals surface area contributed by atoms with E-state index in [1.807, 2.05) is 0 Å². The predicted molar refractivity (Wildman–Crippen MR) is 71.5 cm³/mol. The molecule has 3 N–H and O–H groups in total. The summed E-state index contributed by atoms with van der Waals surface area (Å²) in [5, 5.41) is 2.80. The molecule has 1 aromatic rings. The van der Waals surface area contributed by atoms with Crippen molar-refractivity contribution in [3.8, 4) is 5.75 Å². The number of nitrogens with one attached hydrogen (secondary N) is 1. The number of methoxy groups -OCH3 is 1. The molecule has 0 bridgehead atoms. The zero-order chi connectivity index (χ0) is 13.8. The summed E-state index contributed by atoms with van der Waals surface area (Å²) in [6, 6.07) is 4.52. The van der Waals surface area contributed by atoms with Gasteiger partial charge in [-0.2, -0.15) is 0 Å². The molecule has 0 atom stereocenters. The van der Waals surface area contributed by atoms with Crippen LogP contribution in [-0.2, 0) is 4.79 Å². The van der Waals surface area contributed by atoms with Gasteiger partial charge in [0.15, 0.2) is 11.6 Å². The van der Waals surface area contributed by atoms with Crippen molar-refractivity contribution in [2.45, 2.75) is 31.7 Å². The highest BCUT2D eigenvalue weighted by atomic mass is 19.1. The van der Waals surface area contributed by atoms with Gasteiger partial charge in [-0.25, -0.2) is 4.39 Å². The molecule has 5 heteroatoms. The second kappa shape index (κ2) is 6.02. The Morgan fingerprint density at radius 3 is 2.68 bits per heavy atom. The molecule has 1 aliphatic rings. The predicted octanol–water partition coefficient (Wildman–Crippen LogP) is 2.29. The van der Waals surface area contributed by atoms with Gasteiger partial charge >= 0.3 is 0 Å². The average molecular weight is 266 g/mol. The van der Waals surface area contributed by atoms with E-state index in [9.17, 15) is 9.18 Å². The monoisotopic (exact) mass is 266 g/mol. The van der Waals surface area contributed by atoms with Gasteiger partial charge in [0.05, 0.1) is 7.11 Å². The molecule has 0 aliphatic heterocycles. The lowest BCUT2D eigenvalue weighted by Gasteiger charge is -2.25. The van der Waals surface area contributed by atoms with Crippen molar-refractivity contribution in [3.05, 3.63) is 24.0 Å². The van der Waals surface area contributed by atoms with Gasteiger partial charge in [0.25, 0.3) is 0 Å². The maximum Gasteiger partial charge on any atom is 0.227 e. The van der Waals surface area contributed by atoms with Crippen LogP contribution in [0.1, 0.15) is 25.7 Å². The number of amides is 1. The van der Waals surface area contributed by atoms with E-state index < -0.39 is 5.82 Å². The number of ether oxygens (including phenoxy) is 1. The van der Waals surface area contributed by atoms with Gasteiger partial charge in [-0.15, -0.1) is 0 Å². The molecule has 4 nitrogen and oxygen atoms in total. The Labute approximate surface area is 112 Å². The SMILES string of the molecule is COc1cc(NC(=O)C2CCC(N)CC2)ccc1F. The fourth-order valence-electron chi connectivity index (χ4n) is 2.36. The summed E-state index contributed by atoms with van der Waals surface area (Å²) in [6.07, 6.45) is 3.38. The molecular formula is C14H19FN2O2. The molecule has 1 aromatic carbocycles. The smallest absolute Gasteiger partial charge is 0.227 e. The van der Waals surface area contributed by atoms with Crippen LogP contribution < -0.4 is 15.8 Å². The Morgan fingerprint density at radius 2 is 2.05 bits per heavy atom. The molecule has 0 unspecified atom stereocenters. The average Bonchev–Trinajstić information content (AvgIpc) is 2.41. The first-order chi connectivity index (χ1) is 9.10. The summed E-state index contributed by atoms with van der Waals surface area (Å²) < 4.78 is 18.1. The van der Waals surface area contributed by atoms with Gasteiger partial charge in [0, 0.05) is 23.7 Å². The van der Waals surface area contributed by atoms with Crippen LogP contribution in [0.2, 0.25) is 0 Å². The second-order valence-corrected chi connectivity index (χ2v) is 4.95. The lowest BCUT2D eigenvalue weighted by Crippen LogP contribution is -2.32. The van der Waals surface area contributed by atoms with E-state index in [0.717, 1.165) is 25.7 Å². The van der Waals surface area contributed by atoms with E-state index in [-0.39, 0.29) is 23.6 Å². The number of carbonyl (C=O) groups excluding carboxylic acids is 1. The summed E-state index contributed by atoms with van der Waals surface area (Å²) in [5.74, 6) is -0.344. The highest BCUT2D eigenvalue weighted by molar-refractivity contribution is 5.92. The molecule has 19 heavy (non-hydrogen) atoms. The minimum atomic E-state index is -0.441. The summed E-state index contributed by atoms with van der Waals surface area (Å²) in [5.41, 5.74) is 6.37. The standard InChI is InChI=1S/C14H19FN2O2/c1-19-13-8-11(6-7-12(13)15)17-14(18)9-2-4-10(16)5-3-9/h6-10H,2-5,16H2,1H3,(H,17,18). The zero-order valence-corrected chi connectivity index (χ0v) is 11.0. The van der Waals surface area contributed by atoms with Gasteiger partial charge in [-0.3, -0.25) is 4.79 Å². The maximum absolute atomic E-state index is 13.3. The van der Waals surface area contributed by atoms with Crippen molar-refractivity contribution in [2.24, 2.45) is 11.7 Å². The van der Waals surface area contributed by atoms with E-state index >= 15 is 0 Å². The van der Waals surface area contributed by atoms with Crippen molar-refractivity contribution >= 4 is 11.6 Å². The number of hydrogen-bond donors (Lipinski definition) is 2. The fourth-order valence-corrected chi connectivity index (χ4v) is 2.36. The van der Waals surface area contributed by atoms with Crippen LogP contribution in [0.3, 0.4) is 0 Å². The first-order valence-corrected chi connectivity index (χ1v) is 6.50. The van der Waals surface area contributed by atoms with Gasteiger partial charge in [-0.1, -0.05) is 0 Å². The Bertz CT molecular complexity index is 457. The quantitative estimate of drug-likeness (QED) is 0.882. The molecule has 1 fully saturated rings. The summed E-state index contributed by atoms with van der Waals surface area (Å²) in [7, 11) is 1.40. The molecule has 0 radical (unpaired) electrons. The molecule has 1 saturated carbocycles. The Kier molecular flexibility index (Phi) is 4.37. The molecule has 0 aromatic heterocycles. The second-order valence-electron chi connectivity index (χ2n) is 4.95. The number of rotatable bonds is 3. The molecule has 0 heterocycles. The highest BCUT2D eigenvalue weighted by Gasteiger charge is 2.24. The van der Waals surface area contributed by atoms with Crippen LogP contribution in [0.5, 0.6) is 5.75 Å². The Balaban J connectivity index is 1.98. The van der Waals surface area contributed by atoms with E-state index in [1.54, 1.807) is 0 Å². The van der Waals surface area contributed by atoms with Crippen molar-refractivity contribution in [1.82, 2.24) is 0 Å². The fraction of sp³-hybridized carbons (Fsp3) is 0.500. The molecule has 1 aliphatic carbocycles. The number of nitrogens with two attached hydrogens (primary N) is 1. The molecule has 0 spiro atoms. The zero-order valence-electron chi connectivity index (χ0n) is 11.0. The number of anilines is 1. The minimum absolute atomic E-state index is 0.00384. The van der Waals surface area contributed by atoms with Gasteiger partial charge in [0.1, 0.15) is 0 Å². The normalized spacial score (nSPS) is 22.9. The first-order valence-electron chi connectivity index (χ1n) is 6.50. The number of hydrogen-bond acceptors (Lipinski definition) is 3. The van der Waals surface area contributed by atoms with Crippen LogP contribution in [0.4, 0.5) is 10.1 Å². The van der Waals surface area contributed by atoms with Crippen molar-refractivity contribution in [3.63, 3.8) is 0 Å². The summed E-state index contributed by atoms with van der Waals surface area (Å²) >= 11 is 0. The third-order valence-corrected chi connectivity index (χ3v) is 3.56. The molecule has 104 valence electrons. The van der Waals surface area contributed by atoms with Gasteiger partial charge in [-0.05, 0) is 37.8 Å². The molecule has 0 saturated heterocycles. The Hall–Kier alpha value is -1.62. The van der Waals surface area contributed by atoms with Gasteiger partial charge < -0.3 is 15.8 Å². The van der Waals surface area contributed by atoms with Crippen LogP contribution in [0, 0.1) is 11.7 Å². The lowest BCUT2D eigenvalue weighted by atomic mass is 9.86. The van der Waals surface area contributed by atoms with Crippen LogP contribution >= 0.6 is 0 Å². The Morgan fingerprint density at radius 1 is 1.37 bits per heavy atom. The topological polar surface area (TPSA) is 64.3 Å². The number of carbonyl (C=O) groups is 1. The van der Waals surface area contributed by atoms with Crippen LogP contribution in [-0.4, -0.2) is 19.1 Å². The molecule has 2 rings (SSSR count). The maximum atomic E-state index is 13.3. The van der Waals surface area contributed by atoms with Crippen molar-refractivity contribution in [2.75, 3.05) is 12.4 Å². The van der Waals surface area contributed by atoms with Crippen molar-refractivity contribution in [1.29, 1.82) is 0 Å². The molecule has 1 amide bonds. The highest BCUT2D eigenvalue weighted by Crippen LogP contribution is 2.26. The van der Waals surface area contributed by atoms with E-state index in [0.29, 0.717) is 5.69 Å². The van der Waals surface area contributed by atoms with E-state index in [1.165, 1.54) is 25.3 Å². The minimum Gasteiger partial charge on any atom is -0.494 e. The van der Waals surface area contributed by atoms with E-state index in [2.05, 4.69) is 5.32 Å². The molecular weight excluding hydrogens is 247 g/mol. The number of benzene rings is 1. The van der Waals surface area contributed by atoms with Gasteiger partial charge in [0.2, 0.25) is 5.91 Å². The van der Waals surface area contributed by atoms with Crippen LogP contribution in [0.15, 0.2) is 18.2 Å². The summed E-state index contributed by atoms with van der Waals surface area (Å²) in [6.45, 7) is 0. The van der Waals surface area contributed by atoms with Crippen molar-refractivity contribution < 1.29 is 13.9 Å². The first kappa shape index (κ1) is 13.8. The van der Waals surface area contributed by atoms with E-state index in [4.69, 9.17) is 10.5 Å². The lowest BCUT2D eigenvalue weighted by molar-refractivity contribution is -0.120. The largest absolute Gasteiger partial charge is 0.494 e. The number of halogens is 1. The third kappa shape index (κ3) is 3.44. The third-order valence-electron chi connectivity index (χ3n) is 3.56.